The third kappa shape index (κ3) is 3.65. The molecule has 1 aromatic heterocycles. The molecule has 2 aromatic rings. The van der Waals surface area contributed by atoms with Crippen molar-refractivity contribution in [2.75, 3.05) is 19.3 Å². The Hall–Kier alpha value is -1.63. The lowest BCUT2D eigenvalue weighted by atomic mass is 9.95. The minimum absolute atomic E-state index is 0.110. The summed E-state index contributed by atoms with van der Waals surface area (Å²) >= 11 is 0. The second-order valence-electron chi connectivity index (χ2n) is 6.10. The summed E-state index contributed by atoms with van der Waals surface area (Å²) in [4.78, 5) is 3.32. The third-order valence-corrected chi connectivity index (χ3v) is 5.77. The number of hydrogen-bond acceptors (Lipinski definition) is 3. The van der Waals surface area contributed by atoms with Crippen LogP contribution in [0.4, 0.5) is 0 Å². The molecule has 0 aliphatic carbocycles. The predicted octanol–water partition coefficient (Wildman–Crippen LogP) is 2.02. The molecule has 1 aromatic carbocycles. The van der Waals surface area contributed by atoms with Crippen molar-refractivity contribution in [3.8, 4) is 0 Å². The molecule has 3 rings (SSSR count). The summed E-state index contributed by atoms with van der Waals surface area (Å²) < 4.78 is 25.6. The van der Waals surface area contributed by atoms with Crippen molar-refractivity contribution in [1.29, 1.82) is 0 Å². The van der Waals surface area contributed by atoms with E-state index in [2.05, 4.69) is 40.3 Å². The Labute approximate surface area is 137 Å². The maximum Gasteiger partial charge on any atom is 0.211 e. The summed E-state index contributed by atoms with van der Waals surface area (Å²) in [5, 5.41) is 4.59. The van der Waals surface area contributed by atoms with Crippen LogP contribution in [0.15, 0.2) is 30.5 Å². The smallest absolute Gasteiger partial charge is 0.211 e. The van der Waals surface area contributed by atoms with Crippen LogP contribution < -0.4 is 10.0 Å². The van der Waals surface area contributed by atoms with E-state index >= 15 is 0 Å². The van der Waals surface area contributed by atoms with Gasteiger partial charge in [-0.15, -0.1) is 0 Å². The van der Waals surface area contributed by atoms with Gasteiger partial charge >= 0.3 is 0 Å². The van der Waals surface area contributed by atoms with Crippen LogP contribution in [0.25, 0.3) is 16.5 Å². The van der Waals surface area contributed by atoms with Gasteiger partial charge in [0.25, 0.3) is 0 Å². The number of aryl methyl sites for hydroxylation is 1. The zero-order valence-corrected chi connectivity index (χ0v) is 14.3. The van der Waals surface area contributed by atoms with Crippen molar-refractivity contribution in [3.05, 3.63) is 41.6 Å². The summed E-state index contributed by atoms with van der Waals surface area (Å²) in [5.41, 5.74) is 4.71. The molecule has 2 heterocycles. The van der Waals surface area contributed by atoms with Gasteiger partial charge in [0.05, 0.1) is 5.75 Å². The molecule has 6 heteroatoms. The van der Waals surface area contributed by atoms with E-state index < -0.39 is 10.0 Å². The van der Waals surface area contributed by atoms with E-state index in [0.717, 1.165) is 24.0 Å². The van der Waals surface area contributed by atoms with Crippen LogP contribution in [0.5, 0.6) is 0 Å². The van der Waals surface area contributed by atoms with Crippen LogP contribution in [0.2, 0.25) is 0 Å². The molecule has 1 atom stereocenters. The van der Waals surface area contributed by atoms with E-state index in [1.807, 2.05) is 12.1 Å². The lowest BCUT2D eigenvalue weighted by molar-refractivity contribution is 0.579. The van der Waals surface area contributed by atoms with Crippen molar-refractivity contribution < 1.29 is 8.42 Å². The van der Waals surface area contributed by atoms with Gasteiger partial charge in [-0.25, -0.2) is 13.1 Å². The molecule has 1 unspecified atom stereocenters. The monoisotopic (exact) mass is 333 g/mol. The fourth-order valence-corrected chi connectivity index (χ4v) is 3.74. The summed E-state index contributed by atoms with van der Waals surface area (Å²) in [5.74, 6) is 0.110. The highest BCUT2D eigenvalue weighted by Gasteiger charge is 2.15. The fourth-order valence-electron chi connectivity index (χ4n) is 3.03. The number of hydrogen-bond donors (Lipinski definition) is 3. The molecule has 3 N–H and O–H groups in total. The zero-order chi connectivity index (χ0) is 16.4. The highest BCUT2D eigenvalue weighted by Crippen LogP contribution is 2.30. The van der Waals surface area contributed by atoms with Crippen LogP contribution in [-0.2, 0) is 16.4 Å². The summed E-state index contributed by atoms with van der Waals surface area (Å²) in [6.07, 6.45) is 5.81. The summed E-state index contributed by atoms with van der Waals surface area (Å²) in [6, 6.07) is 6.61. The molecule has 0 fully saturated rings. The van der Waals surface area contributed by atoms with Crippen LogP contribution in [-0.4, -0.2) is 38.8 Å². The molecular weight excluding hydrogens is 310 g/mol. The highest BCUT2D eigenvalue weighted by atomic mass is 32.2. The van der Waals surface area contributed by atoms with Gasteiger partial charge < -0.3 is 10.3 Å². The lowest BCUT2D eigenvalue weighted by Gasteiger charge is -2.20. The molecule has 0 saturated carbocycles. The number of rotatable bonds is 5. The van der Waals surface area contributed by atoms with Gasteiger partial charge in [-0.2, -0.15) is 0 Å². The molecule has 5 nitrogen and oxygen atoms in total. The second-order valence-corrected chi connectivity index (χ2v) is 8.14. The maximum atomic E-state index is 11.6. The zero-order valence-electron chi connectivity index (χ0n) is 13.5. The van der Waals surface area contributed by atoms with Gasteiger partial charge in [0.1, 0.15) is 0 Å². The van der Waals surface area contributed by atoms with Crippen LogP contribution >= 0.6 is 0 Å². The van der Waals surface area contributed by atoms with Crippen LogP contribution in [0, 0.1) is 0 Å². The maximum absolute atomic E-state index is 11.6. The molecule has 0 spiro atoms. The fraction of sp³-hybridized carbons (Fsp3) is 0.412. The van der Waals surface area contributed by atoms with Crippen LogP contribution in [0.3, 0.4) is 0 Å². The number of nitrogens with one attached hydrogen (secondary N) is 3. The van der Waals surface area contributed by atoms with Gasteiger partial charge in [-0.05, 0) is 50.1 Å². The minimum atomic E-state index is -3.17. The Bertz CT molecular complexity index is 837. The summed E-state index contributed by atoms with van der Waals surface area (Å²) in [6.45, 7) is 3.08. The van der Waals surface area contributed by atoms with Crippen molar-refractivity contribution in [2.45, 2.75) is 25.8 Å². The van der Waals surface area contributed by atoms with Crippen molar-refractivity contribution in [2.24, 2.45) is 0 Å². The molecule has 1 aliphatic rings. The number of sulfonamides is 1. The second kappa shape index (κ2) is 6.47. The van der Waals surface area contributed by atoms with E-state index in [4.69, 9.17) is 0 Å². The molecule has 1 aliphatic heterocycles. The molecule has 0 amide bonds. The Balaban J connectivity index is 1.90. The first-order chi connectivity index (χ1) is 11.0. The molecular formula is C17H23N3O2S. The third-order valence-electron chi connectivity index (χ3n) is 4.40. The van der Waals surface area contributed by atoms with Gasteiger partial charge in [0.15, 0.2) is 0 Å². The molecule has 0 bridgehead atoms. The van der Waals surface area contributed by atoms with Crippen LogP contribution in [0.1, 0.15) is 24.5 Å². The number of aromatic nitrogens is 1. The molecule has 0 radical (unpaired) electrons. The number of benzene rings is 1. The number of aromatic amines is 1. The Kier molecular flexibility index (Phi) is 4.57. The van der Waals surface area contributed by atoms with Crippen molar-refractivity contribution >= 4 is 26.5 Å². The van der Waals surface area contributed by atoms with E-state index in [-0.39, 0.29) is 5.75 Å². The van der Waals surface area contributed by atoms with E-state index in [1.165, 1.54) is 23.6 Å². The van der Waals surface area contributed by atoms with E-state index in [0.29, 0.717) is 12.5 Å². The summed E-state index contributed by atoms with van der Waals surface area (Å²) in [7, 11) is -1.72. The van der Waals surface area contributed by atoms with E-state index in [1.54, 1.807) is 0 Å². The minimum Gasteiger partial charge on any atom is -0.361 e. The molecule has 23 heavy (non-hydrogen) atoms. The Morgan fingerprint density at radius 2 is 2.17 bits per heavy atom. The normalized spacial score (nSPS) is 19.0. The first kappa shape index (κ1) is 16.2. The topological polar surface area (TPSA) is 74.0 Å². The predicted molar refractivity (Wildman–Crippen MR) is 94.9 cm³/mol. The lowest BCUT2D eigenvalue weighted by Crippen LogP contribution is -2.29. The Morgan fingerprint density at radius 3 is 2.91 bits per heavy atom. The van der Waals surface area contributed by atoms with E-state index in [9.17, 15) is 8.42 Å². The Morgan fingerprint density at radius 1 is 1.35 bits per heavy atom. The van der Waals surface area contributed by atoms with Gasteiger partial charge in [0, 0.05) is 35.2 Å². The first-order valence-corrected chi connectivity index (χ1v) is 9.58. The SMILES string of the molecule is CNS(=O)(=O)CCc1ccc2[nH]cc(C3=CCNC(C)C3)c2c1. The quantitative estimate of drug-likeness (QED) is 0.784. The number of H-pyrrole nitrogens is 1. The average Bonchev–Trinajstić information content (AvgIpc) is 2.96. The van der Waals surface area contributed by atoms with Gasteiger partial charge in [-0.1, -0.05) is 12.1 Å². The largest absolute Gasteiger partial charge is 0.361 e. The van der Waals surface area contributed by atoms with Gasteiger partial charge in [0.2, 0.25) is 10.0 Å². The molecule has 124 valence electrons. The number of fused-ring (bicyclic) bond motifs is 1. The molecule has 0 saturated heterocycles. The average molecular weight is 333 g/mol. The first-order valence-electron chi connectivity index (χ1n) is 7.92. The standard InChI is InChI=1S/C17H23N3O2S/c1-12-9-14(5-7-19-12)16-11-20-17-4-3-13(10-15(16)17)6-8-23(21,22)18-2/h3-5,10-12,18-20H,6-9H2,1-2H3. The van der Waals surface area contributed by atoms with Crippen molar-refractivity contribution in [1.82, 2.24) is 15.0 Å². The highest BCUT2D eigenvalue weighted by molar-refractivity contribution is 7.89. The van der Waals surface area contributed by atoms with Gasteiger partial charge in [-0.3, -0.25) is 0 Å². The van der Waals surface area contributed by atoms with Crippen molar-refractivity contribution in [3.63, 3.8) is 0 Å².